The van der Waals surface area contributed by atoms with Gasteiger partial charge in [-0.2, -0.15) is 0 Å². The Balaban J connectivity index is 0.000000333. The number of alkyl halides is 1. The Kier molecular flexibility index (Phi) is 16.2. The van der Waals surface area contributed by atoms with Crippen molar-refractivity contribution in [1.29, 1.82) is 0 Å². The van der Waals surface area contributed by atoms with E-state index in [1.807, 2.05) is 12.1 Å². The summed E-state index contributed by atoms with van der Waals surface area (Å²) < 4.78 is 1.02. The molecular weight excluding hydrogens is 844 g/mol. The first-order valence-corrected chi connectivity index (χ1v) is 18.9. The lowest BCUT2D eigenvalue weighted by molar-refractivity contribution is -0.0000240. The van der Waals surface area contributed by atoms with Crippen LogP contribution in [0.2, 0.25) is 10.0 Å². The van der Waals surface area contributed by atoms with E-state index in [-0.39, 0.29) is 35.5 Å². The van der Waals surface area contributed by atoms with Crippen LogP contribution in [0.15, 0.2) is 140 Å². The summed E-state index contributed by atoms with van der Waals surface area (Å²) in [5.41, 5.74) is 1.49. The van der Waals surface area contributed by atoms with Crippen LogP contribution in [0.5, 0.6) is 0 Å². The number of carbonyl (C=O) groups excluding carboxylic acids is 2. The molecule has 7 heteroatoms. The van der Waals surface area contributed by atoms with Crippen LogP contribution in [0.4, 0.5) is 0 Å². The van der Waals surface area contributed by atoms with Gasteiger partial charge in [0.05, 0.1) is 6.16 Å². The molecule has 5 aromatic carbocycles. The highest BCUT2D eigenvalue weighted by Crippen LogP contribution is 2.55. The van der Waals surface area contributed by atoms with Crippen LogP contribution in [0, 0.1) is 0 Å². The average molecular weight is 879 g/mol. The van der Waals surface area contributed by atoms with Crippen LogP contribution in [-0.2, 0) is 0 Å². The first-order valence-electron chi connectivity index (χ1n) is 14.6. The predicted molar refractivity (Wildman–Crippen MR) is 199 cm³/mol. The Morgan fingerprint density at radius 2 is 0.844 bits per heavy atom. The standard InChI is InChI=1S/C28H25ClOP.C10H10ClIO.HI/c29-24-20-18-23(19-21-24)28(30)17-10-22-31(25-11-4-1-5-12-25,26-13-6-2-7-14-26)27-15-8-3-9-16-27;11-9-5-3-8(4-6-9)10(13)2-1-7-12;/h1-9,11-16,18-21H,10,17,22H2;3-6H,1-2,7H2;1H/q+1;;/p-1. The van der Waals surface area contributed by atoms with Gasteiger partial charge in [-0.25, -0.2) is 0 Å². The van der Waals surface area contributed by atoms with E-state index in [2.05, 4.69) is 114 Å². The molecule has 232 valence electrons. The second kappa shape index (κ2) is 19.5. The maximum atomic E-state index is 12.8. The SMILES string of the molecule is O=C(CCCI)c1ccc(Cl)cc1.O=C(CCC[P+](c1ccccc1)(c1ccccc1)c1ccccc1)c1ccc(Cl)cc1.[I-]. The molecule has 0 saturated heterocycles. The third kappa shape index (κ3) is 10.7. The highest BCUT2D eigenvalue weighted by molar-refractivity contribution is 14.1. The van der Waals surface area contributed by atoms with Crippen LogP contribution in [0.25, 0.3) is 0 Å². The van der Waals surface area contributed by atoms with Crippen LogP contribution >= 0.6 is 53.1 Å². The highest BCUT2D eigenvalue weighted by atomic mass is 127. The van der Waals surface area contributed by atoms with E-state index in [4.69, 9.17) is 23.2 Å². The van der Waals surface area contributed by atoms with Gasteiger partial charge in [0, 0.05) is 34.0 Å². The number of hydrogen-bond acceptors (Lipinski definition) is 2. The molecule has 0 radical (unpaired) electrons. The summed E-state index contributed by atoms with van der Waals surface area (Å²) in [7, 11) is -1.88. The fraction of sp³-hybridized carbons (Fsp3) is 0.158. The summed E-state index contributed by atoms with van der Waals surface area (Å²) >= 11 is 14.0. The molecule has 0 N–H and O–H groups in total. The summed E-state index contributed by atoms with van der Waals surface area (Å²) in [6.07, 6.45) is 3.88. The molecular formula is C38H35Cl2I2O2P. The van der Waals surface area contributed by atoms with E-state index in [1.165, 1.54) is 15.9 Å². The van der Waals surface area contributed by atoms with Gasteiger partial charge in [-0.05, 0) is 102 Å². The first kappa shape index (κ1) is 37.4. The second-order valence-corrected chi connectivity index (χ2v) is 15.9. The van der Waals surface area contributed by atoms with Crippen LogP contribution in [0.3, 0.4) is 0 Å². The largest absolute Gasteiger partial charge is 1.00 e. The van der Waals surface area contributed by atoms with Gasteiger partial charge in [-0.15, -0.1) is 0 Å². The predicted octanol–water partition coefficient (Wildman–Crippen LogP) is 7.04. The normalized spacial score (nSPS) is 10.6. The first-order chi connectivity index (χ1) is 21.4. The molecule has 0 aliphatic carbocycles. The average Bonchev–Trinajstić information content (AvgIpc) is 3.08. The second-order valence-electron chi connectivity index (χ2n) is 10.3. The maximum Gasteiger partial charge on any atom is 0.163 e. The van der Waals surface area contributed by atoms with Crippen molar-refractivity contribution in [1.82, 2.24) is 0 Å². The van der Waals surface area contributed by atoms with Crippen molar-refractivity contribution in [2.75, 3.05) is 10.6 Å². The topological polar surface area (TPSA) is 34.1 Å². The van der Waals surface area contributed by atoms with Gasteiger partial charge in [-0.1, -0.05) is 100 Å². The highest BCUT2D eigenvalue weighted by Gasteiger charge is 2.44. The number of ketones is 2. The Bertz CT molecular complexity index is 1500. The van der Waals surface area contributed by atoms with Gasteiger partial charge in [-0.3, -0.25) is 9.59 Å². The number of rotatable bonds is 12. The summed E-state index contributed by atoms with van der Waals surface area (Å²) in [5.74, 6) is 0.372. The smallest absolute Gasteiger partial charge is 0.163 e. The molecule has 0 unspecified atom stereocenters. The molecule has 0 bridgehead atoms. The van der Waals surface area contributed by atoms with Crippen LogP contribution < -0.4 is 39.9 Å². The summed E-state index contributed by atoms with van der Waals surface area (Å²) in [6.45, 7) is 0. The van der Waals surface area contributed by atoms with Crippen molar-refractivity contribution >= 4 is 80.5 Å². The van der Waals surface area contributed by atoms with Crippen LogP contribution in [0.1, 0.15) is 46.4 Å². The molecule has 0 saturated carbocycles. The number of Topliss-reactive ketones (excluding diaryl/α,β-unsaturated/α-hetero) is 2. The molecule has 45 heavy (non-hydrogen) atoms. The fourth-order valence-electron chi connectivity index (χ4n) is 5.15. The quantitative estimate of drug-likeness (QED) is 0.0584. The molecule has 2 nitrogen and oxygen atoms in total. The lowest BCUT2D eigenvalue weighted by Crippen LogP contribution is -3.00. The summed E-state index contributed by atoms with van der Waals surface area (Å²) in [4.78, 5) is 24.3. The Morgan fingerprint density at radius 1 is 0.511 bits per heavy atom. The van der Waals surface area contributed by atoms with Gasteiger partial charge in [0.2, 0.25) is 0 Å². The van der Waals surface area contributed by atoms with Crippen molar-refractivity contribution in [3.8, 4) is 0 Å². The number of halogens is 4. The monoisotopic (exact) mass is 878 g/mol. The molecule has 0 aliphatic heterocycles. The van der Waals surface area contributed by atoms with Gasteiger partial charge < -0.3 is 24.0 Å². The Labute approximate surface area is 308 Å². The molecule has 0 amide bonds. The van der Waals surface area contributed by atoms with E-state index in [0.29, 0.717) is 22.9 Å². The molecule has 0 atom stereocenters. The minimum absolute atomic E-state index is 0. The zero-order valence-corrected chi connectivity index (χ0v) is 31.5. The number of hydrogen-bond donors (Lipinski definition) is 0. The number of carbonyl (C=O) groups is 2. The van der Waals surface area contributed by atoms with E-state index < -0.39 is 7.26 Å². The van der Waals surface area contributed by atoms with Crippen molar-refractivity contribution in [3.63, 3.8) is 0 Å². The van der Waals surface area contributed by atoms with Crippen molar-refractivity contribution in [2.45, 2.75) is 25.7 Å². The molecule has 0 heterocycles. The van der Waals surface area contributed by atoms with Crippen molar-refractivity contribution in [2.24, 2.45) is 0 Å². The zero-order valence-electron chi connectivity index (χ0n) is 24.8. The molecule has 0 spiro atoms. The minimum Gasteiger partial charge on any atom is -1.00 e. The van der Waals surface area contributed by atoms with Gasteiger partial charge in [0.25, 0.3) is 0 Å². The van der Waals surface area contributed by atoms with E-state index in [0.717, 1.165) is 34.6 Å². The van der Waals surface area contributed by atoms with Gasteiger partial charge in [0.1, 0.15) is 23.2 Å². The zero-order chi connectivity index (χ0) is 31.2. The Morgan fingerprint density at radius 3 is 1.18 bits per heavy atom. The van der Waals surface area contributed by atoms with Gasteiger partial charge in [0.15, 0.2) is 11.6 Å². The lowest BCUT2D eigenvalue weighted by atomic mass is 10.1. The molecule has 5 rings (SSSR count). The fourth-order valence-corrected chi connectivity index (χ4v) is 10.1. The lowest BCUT2D eigenvalue weighted by Gasteiger charge is -2.27. The third-order valence-corrected chi connectivity index (χ3v) is 13.2. The van der Waals surface area contributed by atoms with Crippen LogP contribution in [-0.4, -0.2) is 22.2 Å². The number of benzene rings is 5. The van der Waals surface area contributed by atoms with E-state index >= 15 is 0 Å². The minimum atomic E-state index is -1.88. The maximum absolute atomic E-state index is 12.8. The van der Waals surface area contributed by atoms with Crippen molar-refractivity contribution < 1.29 is 33.6 Å². The van der Waals surface area contributed by atoms with E-state index in [9.17, 15) is 9.59 Å². The third-order valence-electron chi connectivity index (χ3n) is 7.36. The summed E-state index contributed by atoms with van der Waals surface area (Å²) in [5, 5.41) is 5.38. The molecule has 0 aliphatic rings. The summed E-state index contributed by atoms with van der Waals surface area (Å²) in [6, 6.07) is 46.6. The van der Waals surface area contributed by atoms with Gasteiger partial charge >= 0.3 is 0 Å². The van der Waals surface area contributed by atoms with Crippen molar-refractivity contribution in [3.05, 3.63) is 161 Å². The Hall–Kier alpha value is -2.09. The molecule has 0 fully saturated rings. The molecule has 0 aromatic heterocycles. The molecule has 5 aromatic rings. The van der Waals surface area contributed by atoms with E-state index in [1.54, 1.807) is 36.4 Å².